The Morgan fingerprint density at radius 3 is 3.00 bits per heavy atom. The molecule has 0 fully saturated rings. The minimum absolute atomic E-state index is 0.216. The Bertz CT molecular complexity index is 558. The van der Waals surface area contributed by atoms with Gasteiger partial charge >= 0.3 is 0 Å². The molecule has 2 rings (SSSR count). The van der Waals surface area contributed by atoms with Crippen molar-refractivity contribution in [1.29, 1.82) is 0 Å². The van der Waals surface area contributed by atoms with Crippen molar-refractivity contribution < 1.29 is 5.11 Å². The fraction of sp³-hybridized carbons (Fsp3) is 0.0909. The van der Waals surface area contributed by atoms with Crippen LogP contribution in [-0.4, -0.2) is 15.1 Å². The molecule has 0 amide bonds. The first-order valence-electron chi connectivity index (χ1n) is 4.58. The quantitative estimate of drug-likeness (QED) is 0.726. The normalized spacial score (nSPS) is 11.2. The molecule has 0 aliphatic heterocycles. The van der Waals surface area contributed by atoms with E-state index in [1.807, 2.05) is 18.2 Å². The molecule has 0 spiro atoms. The number of benzene rings is 1. The Morgan fingerprint density at radius 1 is 1.40 bits per heavy atom. The predicted molar refractivity (Wildman–Crippen MR) is 57.8 cm³/mol. The Balaban J connectivity index is 2.57. The number of hydrogen-bond donors (Lipinski definition) is 2. The number of para-hydroxylation sites is 2. The van der Waals surface area contributed by atoms with Crippen molar-refractivity contribution in [2.24, 2.45) is 0 Å². The van der Waals surface area contributed by atoms with Crippen LogP contribution in [0.25, 0.3) is 11.0 Å². The number of H-pyrrole nitrogens is 1. The monoisotopic (exact) mass is 202 g/mol. The van der Waals surface area contributed by atoms with Crippen molar-refractivity contribution >= 4 is 11.0 Å². The van der Waals surface area contributed by atoms with Gasteiger partial charge in [0.15, 0.2) is 0 Å². The number of nitrogens with zero attached hydrogens (tertiary/aromatic N) is 1. The van der Waals surface area contributed by atoms with Gasteiger partial charge in [0.2, 0.25) is 0 Å². The molecule has 0 radical (unpaired) electrons. The Hall–Kier alpha value is -2.10. The molecular weight excluding hydrogens is 192 g/mol. The zero-order valence-corrected chi connectivity index (χ0v) is 7.97. The summed E-state index contributed by atoms with van der Waals surface area (Å²) in [6, 6.07) is 7.33. The lowest BCUT2D eigenvalue weighted by atomic mass is 10.2. The molecule has 2 N–H and O–H groups in total. The topological polar surface area (TPSA) is 66.0 Å². The number of rotatable bonds is 2. The minimum atomic E-state index is -0.216. The van der Waals surface area contributed by atoms with Gasteiger partial charge in [-0.25, -0.2) is 4.98 Å². The van der Waals surface area contributed by atoms with Gasteiger partial charge in [0.1, 0.15) is 5.69 Å². The van der Waals surface area contributed by atoms with Crippen molar-refractivity contribution in [1.82, 2.24) is 9.97 Å². The Kier molecular flexibility index (Phi) is 2.49. The fourth-order valence-corrected chi connectivity index (χ4v) is 1.37. The summed E-state index contributed by atoms with van der Waals surface area (Å²) in [6.07, 6.45) is 2.72. The maximum atomic E-state index is 11.5. The number of aliphatic hydroxyl groups excluding tert-OH is 1. The van der Waals surface area contributed by atoms with Gasteiger partial charge in [0.25, 0.3) is 5.56 Å². The van der Waals surface area contributed by atoms with Crippen LogP contribution >= 0.6 is 0 Å². The second-order valence-corrected chi connectivity index (χ2v) is 3.12. The molecule has 0 bridgehead atoms. The molecule has 1 aromatic heterocycles. The van der Waals surface area contributed by atoms with E-state index in [1.165, 1.54) is 6.08 Å². The summed E-state index contributed by atoms with van der Waals surface area (Å²) >= 11 is 0. The van der Waals surface area contributed by atoms with Gasteiger partial charge in [0.05, 0.1) is 17.3 Å². The maximum Gasteiger partial charge on any atom is 0.270 e. The third-order valence-electron chi connectivity index (χ3n) is 2.09. The van der Waals surface area contributed by atoms with Crippen LogP contribution in [0.5, 0.6) is 0 Å². The van der Waals surface area contributed by atoms with Crippen molar-refractivity contribution in [3.8, 4) is 0 Å². The molecule has 1 heterocycles. The molecule has 4 heteroatoms. The SMILES string of the molecule is O=c1[nH]c2ccccc2nc1CC=CO. The van der Waals surface area contributed by atoms with E-state index in [0.717, 1.165) is 17.3 Å². The standard InChI is InChI=1S/C11H10N2O2/c14-7-3-6-10-11(15)13-9-5-2-1-4-8(9)12-10/h1-5,7,14H,6H2,(H,13,15). The van der Waals surface area contributed by atoms with Crippen LogP contribution < -0.4 is 5.56 Å². The predicted octanol–water partition coefficient (Wildman–Crippen LogP) is 1.54. The molecule has 0 unspecified atom stereocenters. The lowest BCUT2D eigenvalue weighted by molar-refractivity contribution is 0.471. The van der Waals surface area contributed by atoms with E-state index < -0.39 is 0 Å². The highest BCUT2D eigenvalue weighted by molar-refractivity contribution is 5.73. The number of aromatic amines is 1. The molecule has 0 saturated heterocycles. The third kappa shape index (κ3) is 1.88. The number of aromatic nitrogens is 2. The molecule has 4 nitrogen and oxygen atoms in total. The molecule has 76 valence electrons. The average Bonchev–Trinajstić information content (AvgIpc) is 2.26. The molecule has 0 aliphatic rings. The maximum absolute atomic E-state index is 11.5. The second kappa shape index (κ2) is 3.96. The van der Waals surface area contributed by atoms with Crippen LogP contribution in [0.2, 0.25) is 0 Å². The van der Waals surface area contributed by atoms with Gasteiger partial charge in [-0.3, -0.25) is 4.79 Å². The second-order valence-electron chi connectivity index (χ2n) is 3.12. The number of aliphatic hydroxyl groups is 1. The van der Waals surface area contributed by atoms with Gasteiger partial charge in [-0.1, -0.05) is 12.1 Å². The Labute approximate surface area is 85.9 Å². The van der Waals surface area contributed by atoms with E-state index in [-0.39, 0.29) is 5.56 Å². The third-order valence-corrected chi connectivity index (χ3v) is 2.09. The lowest BCUT2D eigenvalue weighted by Crippen LogP contribution is -2.14. The van der Waals surface area contributed by atoms with Crippen molar-refractivity contribution in [3.05, 3.63) is 52.7 Å². The van der Waals surface area contributed by atoms with Crippen LogP contribution in [0, 0.1) is 0 Å². The zero-order valence-electron chi connectivity index (χ0n) is 7.97. The molecular formula is C11H10N2O2. The summed E-state index contributed by atoms with van der Waals surface area (Å²) in [5, 5.41) is 8.51. The summed E-state index contributed by atoms with van der Waals surface area (Å²) in [4.78, 5) is 18.4. The highest BCUT2D eigenvalue weighted by atomic mass is 16.2. The first-order chi connectivity index (χ1) is 7.31. The Morgan fingerprint density at radius 2 is 2.20 bits per heavy atom. The lowest BCUT2D eigenvalue weighted by Gasteiger charge is -1.99. The van der Waals surface area contributed by atoms with Crippen molar-refractivity contribution in [2.75, 3.05) is 0 Å². The fourth-order valence-electron chi connectivity index (χ4n) is 1.37. The summed E-state index contributed by atoms with van der Waals surface area (Å²) in [7, 11) is 0. The summed E-state index contributed by atoms with van der Waals surface area (Å²) in [5.74, 6) is 0. The summed E-state index contributed by atoms with van der Waals surface area (Å²) in [5.41, 5.74) is 1.66. The van der Waals surface area contributed by atoms with Crippen LogP contribution in [-0.2, 0) is 6.42 Å². The summed E-state index contributed by atoms with van der Waals surface area (Å²) in [6.45, 7) is 0. The minimum Gasteiger partial charge on any atom is -0.516 e. The van der Waals surface area contributed by atoms with E-state index in [9.17, 15) is 4.79 Å². The number of allylic oxidation sites excluding steroid dienone is 1. The van der Waals surface area contributed by atoms with Gasteiger partial charge in [0, 0.05) is 6.42 Å². The van der Waals surface area contributed by atoms with Gasteiger partial charge in [-0.15, -0.1) is 0 Å². The van der Waals surface area contributed by atoms with E-state index >= 15 is 0 Å². The van der Waals surface area contributed by atoms with Crippen molar-refractivity contribution in [2.45, 2.75) is 6.42 Å². The van der Waals surface area contributed by atoms with E-state index in [1.54, 1.807) is 6.07 Å². The highest BCUT2D eigenvalue weighted by Crippen LogP contribution is 2.06. The van der Waals surface area contributed by atoms with Gasteiger partial charge in [-0.2, -0.15) is 0 Å². The molecule has 0 aliphatic carbocycles. The van der Waals surface area contributed by atoms with E-state index in [2.05, 4.69) is 9.97 Å². The molecule has 15 heavy (non-hydrogen) atoms. The van der Waals surface area contributed by atoms with Crippen LogP contribution in [0.15, 0.2) is 41.4 Å². The number of fused-ring (bicyclic) bond motifs is 1. The first-order valence-corrected chi connectivity index (χ1v) is 4.58. The number of hydrogen-bond acceptors (Lipinski definition) is 3. The molecule has 0 atom stereocenters. The zero-order chi connectivity index (χ0) is 10.7. The smallest absolute Gasteiger partial charge is 0.270 e. The highest BCUT2D eigenvalue weighted by Gasteiger charge is 2.01. The largest absolute Gasteiger partial charge is 0.516 e. The van der Waals surface area contributed by atoms with E-state index in [0.29, 0.717) is 12.1 Å². The molecule has 2 aromatic rings. The van der Waals surface area contributed by atoms with Gasteiger partial charge in [-0.05, 0) is 18.2 Å². The van der Waals surface area contributed by atoms with Crippen LogP contribution in [0.1, 0.15) is 5.69 Å². The van der Waals surface area contributed by atoms with Crippen molar-refractivity contribution in [3.63, 3.8) is 0 Å². The average molecular weight is 202 g/mol. The number of nitrogens with one attached hydrogen (secondary N) is 1. The first kappa shape index (κ1) is 9.45. The van der Waals surface area contributed by atoms with Gasteiger partial charge < -0.3 is 10.1 Å². The summed E-state index contributed by atoms with van der Waals surface area (Å²) < 4.78 is 0. The molecule has 0 saturated carbocycles. The molecule has 1 aromatic carbocycles. The van der Waals surface area contributed by atoms with Crippen LogP contribution in [0.4, 0.5) is 0 Å². The van der Waals surface area contributed by atoms with E-state index in [4.69, 9.17) is 5.11 Å². The van der Waals surface area contributed by atoms with Crippen LogP contribution in [0.3, 0.4) is 0 Å².